The van der Waals surface area contributed by atoms with E-state index in [1.807, 2.05) is 6.92 Å². The Hall–Kier alpha value is -2.81. The van der Waals surface area contributed by atoms with Crippen molar-refractivity contribution >= 4 is 17.7 Å². The largest absolute Gasteiger partial charge is 0.467 e. The first-order valence-electron chi connectivity index (χ1n) is 7.46. The van der Waals surface area contributed by atoms with Gasteiger partial charge >= 0.3 is 0 Å². The van der Waals surface area contributed by atoms with Crippen molar-refractivity contribution in [2.45, 2.75) is 18.1 Å². The van der Waals surface area contributed by atoms with Gasteiger partial charge in [-0.1, -0.05) is 11.8 Å². The summed E-state index contributed by atoms with van der Waals surface area (Å²) in [5, 5.41) is 11.2. The highest BCUT2D eigenvalue weighted by molar-refractivity contribution is 7.99. The summed E-state index contributed by atoms with van der Waals surface area (Å²) >= 11 is 1.16. The molecule has 9 heteroatoms. The lowest BCUT2D eigenvalue weighted by molar-refractivity contribution is -0.119. The Morgan fingerprint density at radius 2 is 2.12 bits per heavy atom. The van der Waals surface area contributed by atoms with Crippen LogP contribution in [0, 0.1) is 5.82 Å². The van der Waals surface area contributed by atoms with E-state index in [1.165, 1.54) is 16.8 Å². The number of thioether (sulfide) groups is 1. The van der Waals surface area contributed by atoms with Gasteiger partial charge in [-0.15, -0.1) is 10.2 Å². The van der Waals surface area contributed by atoms with Crippen LogP contribution in [-0.2, 0) is 4.79 Å². The quantitative estimate of drug-likeness (QED) is 0.516. The van der Waals surface area contributed by atoms with Gasteiger partial charge in [-0.05, 0) is 43.3 Å². The number of nitrogen functional groups attached to an aromatic ring is 1. The monoisotopic (exact) mass is 361 g/mol. The highest BCUT2D eigenvalue weighted by atomic mass is 32.2. The maximum absolute atomic E-state index is 13.0. The molecular weight excluding hydrogens is 345 g/mol. The van der Waals surface area contributed by atoms with Gasteiger partial charge in [0.1, 0.15) is 11.6 Å². The molecule has 7 nitrogen and oxygen atoms in total. The molecule has 3 N–H and O–H groups in total. The summed E-state index contributed by atoms with van der Waals surface area (Å²) in [5.74, 6) is 6.65. The standard InChI is InChI=1S/C16H16FN5O2S/c1-10(13-3-2-8-24-13)19-14(23)9-25-16-21-20-15(22(16)18)11-4-6-12(17)7-5-11/h2-8,10H,9,18H2,1H3,(H,19,23)/t10-/m1/s1. The molecule has 0 fully saturated rings. The smallest absolute Gasteiger partial charge is 0.231 e. The number of aromatic nitrogens is 3. The van der Waals surface area contributed by atoms with Gasteiger partial charge in [0, 0.05) is 5.56 Å². The molecule has 1 amide bonds. The van der Waals surface area contributed by atoms with E-state index in [0.717, 1.165) is 11.8 Å². The Kier molecular flexibility index (Phi) is 5.03. The normalized spacial score (nSPS) is 12.1. The molecule has 0 aliphatic heterocycles. The zero-order valence-corrected chi connectivity index (χ0v) is 14.2. The average molecular weight is 361 g/mol. The van der Waals surface area contributed by atoms with Crippen LogP contribution in [0.15, 0.2) is 52.2 Å². The molecule has 0 aliphatic carbocycles. The summed E-state index contributed by atoms with van der Waals surface area (Å²) in [6.07, 6.45) is 1.56. The number of carbonyl (C=O) groups is 1. The van der Waals surface area contributed by atoms with Gasteiger partial charge in [0.2, 0.25) is 11.1 Å². The van der Waals surface area contributed by atoms with E-state index in [2.05, 4.69) is 15.5 Å². The minimum Gasteiger partial charge on any atom is -0.467 e. The maximum atomic E-state index is 13.0. The van der Waals surface area contributed by atoms with Crippen molar-refractivity contribution in [3.05, 3.63) is 54.2 Å². The van der Waals surface area contributed by atoms with Crippen LogP contribution in [0.1, 0.15) is 18.7 Å². The molecule has 0 spiro atoms. The number of benzene rings is 1. The first-order chi connectivity index (χ1) is 12.0. The Bertz CT molecular complexity index is 848. The van der Waals surface area contributed by atoms with Gasteiger partial charge in [-0.25, -0.2) is 9.07 Å². The summed E-state index contributed by atoms with van der Waals surface area (Å²) in [4.78, 5) is 12.0. The van der Waals surface area contributed by atoms with E-state index < -0.39 is 0 Å². The number of amides is 1. The Morgan fingerprint density at radius 3 is 2.80 bits per heavy atom. The predicted molar refractivity (Wildman–Crippen MR) is 91.6 cm³/mol. The molecule has 0 unspecified atom stereocenters. The van der Waals surface area contributed by atoms with Crippen molar-refractivity contribution in [3.63, 3.8) is 0 Å². The number of hydrogen-bond acceptors (Lipinski definition) is 6. The predicted octanol–water partition coefficient (Wildman–Crippen LogP) is 2.36. The molecule has 0 bridgehead atoms. The molecule has 2 aromatic heterocycles. The second-order valence-corrected chi connectivity index (χ2v) is 6.22. The van der Waals surface area contributed by atoms with Gasteiger partial charge in [0.05, 0.1) is 18.1 Å². The minimum absolute atomic E-state index is 0.129. The lowest BCUT2D eigenvalue weighted by Crippen LogP contribution is -2.28. The third kappa shape index (κ3) is 4.00. The maximum Gasteiger partial charge on any atom is 0.231 e. The first-order valence-corrected chi connectivity index (χ1v) is 8.45. The number of nitrogens with two attached hydrogens (primary N) is 1. The summed E-state index contributed by atoms with van der Waals surface area (Å²) in [6, 6.07) is 9.10. The number of nitrogens with one attached hydrogen (secondary N) is 1. The van der Waals surface area contributed by atoms with Crippen molar-refractivity contribution in [2.24, 2.45) is 0 Å². The molecule has 3 rings (SSSR count). The lowest BCUT2D eigenvalue weighted by atomic mass is 10.2. The van der Waals surface area contributed by atoms with Gasteiger partial charge in [-0.2, -0.15) is 0 Å². The fourth-order valence-electron chi connectivity index (χ4n) is 2.19. The molecule has 3 aromatic rings. The number of furan rings is 1. The van der Waals surface area contributed by atoms with Crippen molar-refractivity contribution in [1.82, 2.24) is 20.2 Å². The number of carbonyl (C=O) groups excluding carboxylic acids is 1. The number of rotatable bonds is 6. The van der Waals surface area contributed by atoms with Gasteiger partial charge < -0.3 is 15.6 Å². The van der Waals surface area contributed by atoms with Crippen LogP contribution in [0.3, 0.4) is 0 Å². The summed E-state index contributed by atoms with van der Waals surface area (Å²) in [5.41, 5.74) is 0.638. The van der Waals surface area contributed by atoms with E-state index in [0.29, 0.717) is 22.3 Å². The van der Waals surface area contributed by atoms with Crippen molar-refractivity contribution in [2.75, 3.05) is 11.6 Å². The van der Waals surface area contributed by atoms with E-state index in [1.54, 1.807) is 30.5 Å². The van der Waals surface area contributed by atoms with Crippen molar-refractivity contribution < 1.29 is 13.6 Å². The van der Waals surface area contributed by atoms with Crippen molar-refractivity contribution in [3.8, 4) is 11.4 Å². The second-order valence-electron chi connectivity index (χ2n) is 5.28. The summed E-state index contributed by atoms with van der Waals surface area (Å²) in [7, 11) is 0. The highest BCUT2D eigenvalue weighted by Crippen LogP contribution is 2.22. The molecule has 1 atom stereocenters. The van der Waals surface area contributed by atoms with Crippen LogP contribution < -0.4 is 11.2 Å². The molecule has 0 radical (unpaired) electrons. The molecule has 0 aliphatic rings. The van der Waals surface area contributed by atoms with Crippen molar-refractivity contribution in [1.29, 1.82) is 0 Å². The minimum atomic E-state index is -0.344. The fraction of sp³-hybridized carbons (Fsp3) is 0.188. The number of halogens is 1. The topological polar surface area (TPSA) is 99.0 Å². The zero-order chi connectivity index (χ0) is 17.8. The molecule has 25 heavy (non-hydrogen) atoms. The van der Waals surface area contributed by atoms with E-state index in [4.69, 9.17) is 10.3 Å². The van der Waals surface area contributed by atoms with Crippen LogP contribution >= 0.6 is 11.8 Å². The van der Waals surface area contributed by atoms with Crippen LogP contribution in [0.2, 0.25) is 0 Å². The van der Waals surface area contributed by atoms with Crippen LogP contribution in [-0.4, -0.2) is 26.5 Å². The average Bonchev–Trinajstić information content (AvgIpc) is 3.24. The molecule has 0 saturated heterocycles. The summed E-state index contributed by atoms with van der Waals surface area (Å²) in [6.45, 7) is 1.83. The van der Waals surface area contributed by atoms with E-state index >= 15 is 0 Å². The van der Waals surface area contributed by atoms with Gasteiger partial charge in [0.25, 0.3) is 0 Å². The molecule has 130 valence electrons. The molecular formula is C16H16FN5O2S. The van der Waals surface area contributed by atoms with Crippen LogP contribution in [0.4, 0.5) is 4.39 Å². The Morgan fingerprint density at radius 1 is 1.36 bits per heavy atom. The first kappa shape index (κ1) is 17.0. The second kappa shape index (κ2) is 7.39. The molecule has 0 saturated carbocycles. The molecule has 1 aromatic carbocycles. The Labute approximate surface area is 147 Å². The summed E-state index contributed by atoms with van der Waals surface area (Å²) < 4.78 is 19.5. The van der Waals surface area contributed by atoms with Gasteiger partial charge in [-0.3, -0.25) is 4.79 Å². The third-order valence-corrected chi connectivity index (χ3v) is 4.39. The van der Waals surface area contributed by atoms with Crippen LogP contribution in [0.25, 0.3) is 11.4 Å². The number of nitrogens with zero attached hydrogens (tertiary/aromatic N) is 3. The van der Waals surface area contributed by atoms with Gasteiger partial charge in [0.15, 0.2) is 5.82 Å². The van der Waals surface area contributed by atoms with E-state index in [9.17, 15) is 9.18 Å². The lowest BCUT2D eigenvalue weighted by Gasteiger charge is -2.10. The molecule has 2 heterocycles. The number of hydrogen-bond donors (Lipinski definition) is 2. The third-order valence-electron chi connectivity index (χ3n) is 3.45. The highest BCUT2D eigenvalue weighted by Gasteiger charge is 2.16. The SMILES string of the molecule is C[C@@H](NC(=O)CSc1nnc(-c2ccc(F)cc2)n1N)c1ccco1. The van der Waals surface area contributed by atoms with Crippen LogP contribution in [0.5, 0.6) is 0 Å². The van der Waals surface area contributed by atoms with E-state index in [-0.39, 0.29) is 23.5 Å². The zero-order valence-electron chi connectivity index (χ0n) is 13.3. The Balaban J connectivity index is 1.60. The fourth-order valence-corrected chi connectivity index (χ4v) is 2.86.